The molecule has 1 aliphatic rings. The van der Waals surface area contributed by atoms with Gasteiger partial charge in [0.1, 0.15) is 6.61 Å². The monoisotopic (exact) mass is 452 g/mol. The number of carboxylic acids is 1. The first-order valence-corrected chi connectivity index (χ1v) is 11.4. The number of carbonyl (C=O) groups excluding carboxylic acids is 2. The van der Waals surface area contributed by atoms with Crippen molar-refractivity contribution in [2.45, 2.75) is 45.4 Å². The fourth-order valence-corrected chi connectivity index (χ4v) is 4.10. The third-order valence-electron chi connectivity index (χ3n) is 6.40. The van der Waals surface area contributed by atoms with Gasteiger partial charge in [-0.2, -0.15) is 0 Å². The van der Waals surface area contributed by atoms with Gasteiger partial charge in [-0.15, -0.1) is 0 Å². The van der Waals surface area contributed by atoms with Crippen LogP contribution in [0.25, 0.3) is 11.1 Å². The minimum absolute atomic E-state index is 0.0187. The van der Waals surface area contributed by atoms with Gasteiger partial charge in [0.25, 0.3) is 0 Å². The van der Waals surface area contributed by atoms with E-state index in [0.717, 1.165) is 11.1 Å². The molecule has 0 aromatic heterocycles. The normalized spacial score (nSPS) is 14.0. The van der Waals surface area contributed by atoms with Crippen LogP contribution >= 0.6 is 0 Å². The molecule has 0 fully saturated rings. The fourth-order valence-electron chi connectivity index (χ4n) is 4.10. The van der Waals surface area contributed by atoms with Gasteiger partial charge in [-0.25, -0.2) is 4.79 Å². The highest BCUT2D eigenvalue weighted by atomic mass is 16.5. The van der Waals surface area contributed by atoms with Crippen LogP contribution in [0.15, 0.2) is 48.5 Å². The Morgan fingerprint density at radius 1 is 0.970 bits per heavy atom. The highest BCUT2D eigenvalue weighted by Crippen LogP contribution is 2.44. The van der Waals surface area contributed by atoms with Crippen LogP contribution < -0.4 is 10.6 Å². The van der Waals surface area contributed by atoms with Crippen LogP contribution in [0.1, 0.15) is 56.6 Å². The summed E-state index contributed by atoms with van der Waals surface area (Å²) in [6.07, 6.45) is 1.18. The zero-order chi connectivity index (χ0) is 23.8. The average Bonchev–Trinajstić information content (AvgIpc) is 3.14. The van der Waals surface area contributed by atoms with Crippen molar-refractivity contribution in [3.05, 3.63) is 59.7 Å². The van der Waals surface area contributed by atoms with Gasteiger partial charge >= 0.3 is 12.1 Å². The summed E-state index contributed by atoms with van der Waals surface area (Å²) in [7, 11) is 0. The summed E-state index contributed by atoms with van der Waals surface area (Å²) in [6.45, 7) is 4.47. The second-order valence-corrected chi connectivity index (χ2v) is 8.70. The molecule has 33 heavy (non-hydrogen) atoms. The number of alkyl carbamates (subject to hydrolysis) is 1. The highest BCUT2D eigenvalue weighted by Gasteiger charge is 2.32. The largest absolute Gasteiger partial charge is 0.481 e. The number of carbonyl (C=O) groups is 3. The number of carboxylic acid groups (broad SMARTS) is 1. The Bertz CT molecular complexity index is 960. The summed E-state index contributed by atoms with van der Waals surface area (Å²) < 4.78 is 5.56. The third kappa shape index (κ3) is 5.92. The lowest BCUT2D eigenvalue weighted by molar-refractivity contribution is -0.137. The van der Waals surface area contributed by atoms with Crippen molar-refractivity contribution in [2.75, 3.05) is 19.7 Å². The van der Waals surface area contributed by atoms with Gasteiger partial charge in [0.15, 0.2) is 0 Å². The molecular weight excluding hydrogens is 420 g/mol. The molecule has 0 radical (unpaired) electrons. The Balaban J connectivity index is 1.50. The summed E-state index contributed by atoms with van der Waals surface area (Å²) in [5, 5.41) is 14.3. The van der Waals surface area contributed by atoms with Crippen LogP contribution in [0.5, 0.6) is 0 Å². The Kier molecular flexibility index (Phi) is 8.09. The lowest BCUT2D eigenvalue weighted by Crippen LogP contribution is -2.46. The van der Waals surface area contributed by atoms with Crippen LogP contribution in [0.2, 0.25) is 0 Å². The summed E-state index contributed by atoms with van der Waals surface area (Å²) >= 11 is 0. The topological polar surface area (TPSA) is 105 Å². The van der Waals surface area contributed by atoms with Crippen molar-refractivity contribution in [3.8, 4) is 11.1 Å². The first-order chi connectivity index (χ1) is 15.9. The third-order valence-corrected chi connectivity index (χ3v) is 6.40. The van der Waals surface area contributed by atoms with E-state index in [4.69, 9.17) is 9.84 Å². The highest BCUT2D eigenvalue weighted by molar-refractivity contribution is 5.83. The van der Waals surface area contributed by atoms with E-state index in [1.165, 1.54) is 11.1 Å². The molecule has 7 heteroatoms. The summed E-state index contributed by atoms with van der Waals surface area (Å²) in [4.78, 5) is 35.6. The van der Waals surface area contributed by atoms with E-state index in [1.807, 2.05) is 31.2 Å². The molecule has 3 rings (SSSR count). The number of rotatable bonds is 11. The lowest BCUT2D eigenvalue weighted by atomic mass is 9.86. The number of aliphatic carboxylic acids is 1. The maximum absolute atomic E-state index is 12.6. The van der Waals surface area contributed by atoms with Crippen LogP contribution in [0, 0.1) is 5.41 Å². The van der Waals surface area contributed by atoms with Crippen molar-refractivity contribution in [2.24, 2.45) is 5.41 Å². The number of fused-ring (bicyclic) bond motifs is 3. The van der Waals surface area contributed by atoms with E-state index in [0.29, 0.717) is 25.8 Å². The van der Waals surface area contributed by atoms with Crippen LogP contribution in [0.4, 0.5) is 4.79 Å². The minimum Gasteiger partial charge on any atom is -0.481 e. The van der Waals surface area contributed by atoms with Gasteiger partial charge in [-0.1, -0.05) is 55.5 Å². The van der Waals surface area contributed by atoms with Gasteiger partial charge in [0.05, 0.1) is 5.41 Å². The van der Waals surface area contributed by atoms with E-state index in [-0.39, 0.29) is 31.4 Å². The molecular formula is C26H32N2O5. The van der Waals surface area contributed by atoms with E-state index in [2.05, 4.69) is 34.9 Å². The smallest absolute Gasteiger partial charge is 0.407 e. The molecule has 3 N–H and O–H groups in total. The Labute approximate surface area is 194 Å². The first kappa shape index (κ1) is 24.3. The van der Waals surface area contributed by atoms with Gasteiger partial charge < -0.3 is 20.5 Å². The molecule has 1 atom stereocenters. The lowest BCUT2D eigenvalue weighted by Gasteiger charge is -2.27. The summed E-state index contributed by atoms with van der Waals surface area (Å²) in [5.41, 5.74) is 3.85. The molecule has 0 saturated heterocycles. The number of unbranched alkanes of at least 4 members (excludes halogenated alkanes) is 1. The van der Waals surface area contributed by atoms with Gasteiger partial charge in [-0.3, -0.25) is 9.59 Å². The first-order valence-electron chi connectivity index (χ1n) is 11.4. The molecule has 7 nitrogen and oxygen atoms in total. The molecule has 2 aromatic carbocycles. The molecule has 0 bridgehead atoms. The van der Waals surface area contributed by atoms with E-state index < -0.39 is 17.5 Å². The molecule has 2 amide bonds. The van der Waals surface area contributed by atoms with E-state index in [1.54, 1.807) is 6.92 Å². The molecule has 2 aromatic rings. The summed E-state index contributed by atoms with van der Waals surface area (Å²) in [6, 6.07) is 16.3. The SMILES string of the molecule is CCC(C)(CNC(=O)OCC1c2ccccc2-c2ccccc21)C(=O)NCCCCC(=O)O. The van der Waals surface area contributed by atoms with Crippen molar-refractivity contribution in [3.63, 3.8) is 0 Å². The van der Waals surface area contributed by atoms with Gasteiger partial charge in [0, 0.05) is 25.4 Å². The Morgan fingerprint density at radius 3 is 2.15 bits per heavy atom. The maximum atomic E-state index is 12.6. The number of nitrogens with one attached hydrogen (secondary N) is 2. The molecule has 176 valence electrons. The van der Waals surface area contributed by atoms with Crippen molar-refractivity contribution >= 4 is 18.0 Å². The van der Waals surface area contributed by atoms with Crippen LogP contribution in [-0.2, 0) is 14.3 Å². The number of benzene rings is 2. The zero-order valence-corrected chi connectivity index (χ0v) is 19.2. The Morgan fingerprint density at radius 2 is 1.58 bits per heavy atom. The van der Waals surface area contributed by atoms with Crippen molar-refractivity contribution in [1.29, 1.82) is 0 Å². The standard InChI is InChI=1S/C26H32N2O5/c1-3-26(2,24(31)27-15-9-8-14-23(29)30)17-28-25(32)33-16-22-20-12-6-4-10-18(20)19-11-5-7-13-21(19)22/h4-7,10-13,22H,3,8-9,14-17H2,1-2H3,(H,27,31)(H,28,32)(H,29,30). The molecule has 1 aliphatic carbocycles. The second-order valence-electron chi connectivity index (χ2n) is 8.70. The van der Waals surface area contributed by atoms with Crippen LogP contribution in [-0.4, -0.2) is 42.8 Å². The van der Waals surface area contributed by atoms with Crippen LogP contribution in [0.3, 0.4) is 0 Å². The number of hydrogen-bond donors (Lipinski definition) is 3. The molecule has 0 heterocycles. The Hall–Kier alpha value is -3.35. The van der Waals surface area contributed by atoms with Crippen molar-refractivity contribution in [1.82, 2.24) is 10.6 Å². The van der Waals surface area contributed by atoms with Gasteiger partial charge in [-0.05, 0) is 48.4 Å². The van der Waals surface area contributed by atoms with E-state index in [9.17, 15) is 14.4 Å². The van der Waals surface area contributed by atoms with Crippen molar-refractivity contribution < 1.29 is 24.2 Å². The number of hydrogen-bond acceptors (Lipinski definition) is 4. The number of ether oxygens (including phenoxy) is 1. The molecule has 0 spiro atoms. The fraction of sp³-hybridized carbons (Fsp3) is 0.423. The van der Waals surface area contributed by atoms with Gasteiger partial charge in [0.2, 0.25) is 5.91 Å². The quantitative estimate of drug-likeness (QED) is 0.441. The predicted octanol–water partition coefficient (Wildman–Crippen LogP) is 4.31. The second kappa shape index (κ2) is 11.0. The average molecular weight is 453 g/mol. The van der Waals surface area contributed by atoms with E-state index >= 15 is 0 Å². The number of amides is 2. The zero-order valence-electron chi connectivity index (χ0n) is 19.2. The molecule has 1 unspecified atom stereocenters. The minimum atomic E-state index is -0.841. The predicted molar refractivity (Wildman–Crippen MR) is 126 cm³/mol. The summed E-state index contributed by atoms with van der Waals surface area (Å²) in [5.74, 6) is -1.03. The molecule has 0 aliphatic heterocycles. The molecule has 0 saturated carbocycles. The maximum Gasteiger partial charge on any atom is 0.407 e.